The molecule has 0 bridgehead atoms. The second-order valence-corrected chi connectivity index (χ2v) is 7.30. The van der Waals surface area contributed by atoms with Gasteiger partial charge in [0.25, 0.3) is 0 Å². The number of aliphatic hydroxyl groups excluding tert-OH is 1. The minimum Gasteiger partial charge on any atom is -0.388 e. The highest BCUT2D eigenvalue weighted by Gasteiger charge is 2.07. The number of rotatable bonds is 10. The summed E-state index contributed by atoms with van der Waals surface area (Å²) in [4.78, 5) is 4.39. The molecule has 0 heterocycles. The van der Waals surface area contributed by atoms with Crippen LogP contribution in [0.4, 0.5) is 0 Å². The minimum absolute atomic E-state index is 0.0680. The zero-order chi connectivity index (χ0) is 17.8. The normalized spacial score (nSPS) is 13.5. The van der Waals surface area contributed by atoms with Gasteiger partial charge in [-0.05, 0) is 25.8 Å². The molecule has 1 rings (SSSR count). The molecule has 24 heavy (non-hydrogen) atoms. The second kappa shape index (κ2) is 11.0. The van der Waals surface area contributed by atoms with E-state index in [1.807, 2.05) is 37.3 Å². The Balaban J connectivity index is 2.39. The van der Waals surface area contributed by atoms with Crippen LogP contribution in [0, 0.1) is 0 Å². The van der Waals surface area contributed by atoms with Crippen molar-refractivity contribution in [1.29, 1.82) is 0 Å². The molecule has 0 aliphatic rings. The summed E-state index contributed by atoms with van der Waals surface area (Å²) in [7, 11) is -3.17. The van der Waals surface area contributed by atoms with Gasteiger partial charge in [-0.1, -0.05) is 30.3 Å². The molecule has 1 aromatic carbocycles. The lowest BCUT2D eigenvalue weighted by Crippen LogP contribution is -2.41. The number of hydrogen-bond acceptors (Lipinski definition) is 4. The Kier molecular flexibility index (Phi) is 9.36. The largest absolute Gasteiger partial charge is 0.388 e. The monoisotopic (exact) mass is 356 g/mol. The van der Waals surface area contributed by atoms with E-state index in [1.54, 1.807) is 6.92 Å². The zero-order valence-corrected chi connectivity index (χ0v) is 15.1. The van der Waals surface area contributed by atoms with Crippen LogP contribution >= 0.6 is 0 Å². The fraction of sp³-hybridized carbons (Fsp3) is 0.562. The summed E-state index contributed by atoms with van der Waals surface area (Å²) < 4.78 is 25.2. The first-order chi connectivity index (χ1) is 11.5. The first-order valence-corrected chi connectivity index (χ1v) is 9.86. The van der Waals surface area contributed by atoms with Crippen LogP contribution in [0.1, 0.15) is 31.9 Å². The van der Waals surface area contributed by atoms with Gasteiger partial charge in [0.15, 0.2) is 5.96 Å². The van der Waals surface area contributed by atoms with Gasteiger partial charge >= 0.3 is 0 Å². The standard InChI is InChI=1S/C16H28N4O3S/c1-3-17-16(19-12-13-20-24(22,23)4-2)18-11-10-15(21)14-8-6-5-7-9-14/h5-9,15,20-21H,3-4,10-13H2,1-2H3,(H2,17,18,19). The van der Waals surface area contributed by atoms with Crippen LogP contribution in [-0.2, 0) is 10.0 Å². The molecule has 1 unspecified atom stereocenters. The van der Waals surface area contributed by atoms with Gasteiger partial charge in [0.1, 0.15) is 0 Å². The molecule has 8 heteroatoms. The van der Waals surface area contributed by atoms with Crippen LogP contribution in [0.3, 0.4) is 0 Å². The van der Waals surface area contributed by atoms with Gasteiger partial charge in [0, 0.05) is 26.2 Å². The third-order valence-electron chi connectivity index (χ3n) is 3.32. The van der Waals surface area contributed by atoms with Crippen LogP contribution in [0.25, 0.3) is 0 Å². The Morgan fingerprint density at radius 3 is 2.50 bits per heavy atom. The predicted molar refractivity (Wildman–Crippen MR) is 97.5 cm³/mol. The Morgan fingerprint density at radius 1 is 1.17 bits per heavy atom. The number of sulfonamides is 1. The van der Waals surface area contributed by atoms with E-state index >= 15 is 0 Å². The van der Waals surface area contributed by atoms with Crippen LogP contribution in [0.15, 0.2) is 35.3 Å². The molecule has 4 N–H and O–H groups in total. The summed E-state index contributed by atoms with van der Waals surface area (Å²) in [6.45, 7) is 5.45. The van der Waals surface area contributed by atoms with E-state index in [0.717, 1.165) is 5.56 Å². The first-order valence-electron chi connectivity index (χ1n) is 8.21. The van der Waals surface area contributed by atoms with Gasteiger partial charge in [0.2, 0.25) is 10.0 Å². The van der Waals surface area contributed by atoms with Crippen LogP contribution in [-0.4, -0.2) is 51.4 Å². The SMILES string of the molecule is CCNC(=NCCC(O)c1ccccc1)NCCNS(=O)(=O)CC. The summed E-state index contributed by atoms with van der Waals surface area (Å²) in [6.07, 6.45) is -0.0301. The molecule has 0 aliphatic carbocycles. The predicted octanol–water partition coefficient (Wildman–Crippen LogP) is 0.605. The Hall–Kier alpha value is -1.64. The van der Waals surface area contributed by atoms with Crippen molar-refractivity contribution in [1.82, 2.24) is 15.4 Å². The molecule has 0 spiro atoms. The van der Waals surface area contributed by atoms with E-state index in [-0.39, 0.29) is 5.75 Å². The Labute approximate surface area is 144 Å². The van der Waals surface area contributed by atoms with Crippen molar-refractivity contribution in [3.8, 4) is 0 Å². The van der Waals surface area contributed by atoms with E-state index < -0.39 is 16.1 Å². The molecule has 7 nitrogen and oxygen atoms in total. The van der Waals surface area contributed by atoms with Crippen molar-refractivity contribution in [2.24, 2.45) is 4.99 Å². The average Bonchev–Trinajstić information content (AvgIpc) is 2.59. The van der Waals surface area contributed by atoms with Crippen LogP contribution in [0.5, 0.6) is 0 Å². The molecule has 0 aromatic heterocycles. The zero-order valence-electron chi connectivity index (χ0n) is 14.3. The molecule has 0 radical (unpaired) electrons. The lowest BCUT2D eigenvalue weighted by molar-refractivity contribution is 0.170. The van der Waals surface area contributed by atoms with E-state index in [1.165, 1.54) is 0 Å². The van der Waals surface area contributed by atoms with E-state index in [9.17, 15) is 13.5 Å². The summed E-state index contributed by atoms with van der Waals surface area (Å²) in [5, 5.41) is 16.3. The van der Waals surface area contributed by atoms with Gasteiger partial charge in [-0.2, -0.15) is 0 Å². The lowest BCUT2D eigenvalue weighted by Gasteiger charge is -2.13. The number of nitrogens with one attached hydrogen (secondary N) is 3. The fourth-order valence-corrected chi connectivity index (χ4v) is 2.59. The molecule has 136 valence electrons. The molecule has 0 amide bonds. The summed E-state index contributed by atoms with van der Waals surface area (Å²) in [5.74, 6) is 0.673. The van der Waals surface area contributed by atoms with Crippen LogP contribution < -0.4 is 15.4 Å². The Morgan fingerprint density at radius 2 is 1.88 bits per heavy atom. The van der Waals surface area contributed by atoms with Gasteiger partial charge in [-0.25, -0.2) is 13.1 Å². The molecule has 0 aliphatic heterocycles. The molecule has 0 fully saturated rings. The van der Waals surface area contributed by atoms with E-state index in [4.69, 9.17) is 0 Å². The summed E-state index contributed by atoms with van der Waals surface area (Å²) in [6, 6.07) is 9.47. The smallest absolute Gasteiger partial charge is 0.211 e. The molecule has 1 aromatic rings. The van der Waals surface area contributed by atoms with Crippen molar-refractivity contribution in [3.05, 3.63) is 35.9 Å². The molecule has 0 saturated heterocycles. The number of aliphatic imine (C=N–C) groups is 1. The maximum absolute atomic E-state index is 11.3. The van der Waals surface area contributed by atoms with E-state index in [2.05, 4.69) is 20.3 Å². The summed E-state index contributed by atoms with van der Waals surface area (Å²) in [5.41, 5.74) is 0.875. The highest BCUT2D eigenvalue weighted by molar-refractivity contribution is 7.89. The van der Waals surface area contributed by atoms with Gasteiger partial charge in [-0.3, -0.25) is 4.99 Å². The molecular weight excluding hydrogens is 328 g/mol. The minimum atomic E-state index is -3.17. The highest BCUT2D eigenvalue weighted by Crippen LogP contribution is 2.15. The molecule has 0 saturated carbocycles. The number of benzene rings is 1. The van der Waals surface area contributed by atoms with Crippen molar-refractivity contribution >= 4 is 16.0 Å². The van der Waals surface area contributed by atoms with Crippen molar-refractivity contribution in [3.63, 3.8) is 0 Å². The quantitative estimate of drug-likeness (QED) is 0.279. The van der Waals surface area contributed by atoms with Gasteiger partial charge in [-0.15, -0.1) is 0 Å². The third-order valence-corrected chi connectivity index (χ3v) is 4.72. The topological polar surface area (TPSA) is 103 Å². The lowest BCUT2D eigenvalue weighted by atomic mass is 10.1. The van der Waals surface area contributed by atoms with Crippen molar-refractivity contribution in [2.75, 3.05) is 31.9 Å². The fourth-order valence-electron chi connectivity index (χ4n) is 1.97. The number of aliphatic hydroxyl groups is 1. The Bertz CT molecular complexity index is 591. The molecule has 1 atom stereocenters. The number of guanidine groups is 1. The maximum Gasteiger partial charge on any atom is 0.211 e. The third kappa shape index (κ3) is 8.28. The maximum atomic E-state index is 11.3. The average molecular weight is 356 g/mol. The molecular formula is C16H28N4O3S. The van der Waals surface area contributed by atoms with Gasteiger partial charge in [0.05, 0.1) is 11.9 Å². The van der Waals surface area contributed by atoms with Gasteiger partial charge < -0.3 is 15.7 Å². The number of hydrogen-bond donors (Lipinski definition) is 4. The van der Waals surface area contributed by atoms with Crippen molar-refractivity contribution < 1.29 is 13.5 Å². The van der Waals surface area contributed by atoms with E-state index in [0.29, 0.717) is 38.6 Å². The number of nitrogens with zero attached hydrogens (tertiary/aromatic N) is 1. The van der Waals surface area contributed by atoms with Crippen LogP contribution in [0.2, 0.25) is 0 Å². The first kappa shape index (κ1) is 20.4. The summed E-state index contributed by atoms with van der Waals surface area (Å²) >= 11 is 0. The van der Waals surface area contributed by atoms with Crippen molar-refractivity contribution in [2.45, 2.75) is 26.4 Å². The highest BCUT2D eigenvalue weighted by atomic mass is 32.2. The second-order valence-electron chi connectivity index (χ2n) is 5.20.